The van der Waals surface area contributed by atoms with Gasteiger partial charge in [0.25, 0.3) is 5.89 Å². The second kappa shape index (κ2) is 5.73. The Balaban J connectivity index is 1.74. The molecule has 0 aliphatic carbocycles. The number of hydrogen-bond acceptors (Lipinski definition) is 5. The third-order valence-corrected chi connectivity index (χ3v) is 3.78. The summed E-state index contributed by atoms with van der Waals surface area (Å²) in [4.78, 5) is 3.28. The predicted molar refractivity (Wildman–Crippen MR) is 90.1 cm³/mol. The molecule has 2 aromatic heterocycles. The van der Waals surface area contributed by atoms with E-state index in [4.69, 9.17) is 13.9 Å². The molecule has 0 atom stereocenters. The molecule has 6 nitrogen and oxygen atoms in total. The quantitative estimate of drug-likeness (QED) is 0.617. The number of methoxy groups -OCH3 is 2. The number of ether oxygens (including phenoxy) is 2. The fourth-order valence-corrected chi connectivity index (χ4v) is 2.57. The molecule has 0 fully saturated rings. The standard InChI is InChI=1S/C18H15N3O3/c1-22-13-7-12(8-14(10-13)23-2)17-20-21-18(24-17)16-9-11-5-3-4-6-15(11)19-16/h3-10,19H,1-2H3. The second-order valence-corrected chi connectivity index (χ2v) is 5.28. The van der Waals surface area contributed by atoms with Crippen molar-refractivity contribution in [2.24, 2.45) is 0 Å². The van der Waals surface area contributed by atoms with Crippen LogP contribution in [0.4, 0.5) is 0 Å². The van der Waals surface area contributed by atoms with Crippen LogP contribution in [0, 0.1) is 0 Å². The molecule has 4 rings (SSSR count). The van der Waals surface area contributed by atoms with Crippen LogP contribution in [0.15, 0.2) is 52.9 Å². The van der Waals surface area contributed by atoms with Crippen LogP contribution < -0.4 is 9.47 Å². The van der Waals surface area contributed by atoms with E-state index in [2.05, 4.69) is 15.2 Å². The first-order chi connectivity index (χ1) is 11.8. The maximum Gasteiger partial charge on any atom is 0.264 e. The second-order valence-electron chi connectivity index (χ2n) is 5.28. The van der Waals surface area contributed by atoms with E-state index in [0.717, 1.165) is 22.2 Å². The summed E-state index contributed by atoms with van der Waals surface area (Å²) in [7, 11) is 3.20. The summed E-state index contributed by atoms with van der Waals surface area (Å²) in [5.74, 6) is 2.16. The Labute approximate surface area is 138 Å². The number of nitrogens with one attached hydrogen (secondary N) is 1. The van der Waals surface area contributed by atoms with E-state index in [0.29, 0.717) is 23.3 Å². The molecule has 0 bridgehead atoms. The van der Waals surface area contributed by atoms with Gasteiger partial charge in [0.1, 0.15) is 17.2 Å². The number of hydrogen-bond donors (Lipinski definition) is 1. The normalized spacial score (nSPS) is 10.9. The molecule has 0 aliphatic heterocycles. The van der Waals surface area contributed by atoms with Crippen LogP contribution in [0.25, 0.3) is 33.9 Å². The maximum absolute atomic E-state index is 5.82. The highest BCUT2D eigenvalue weighted by atomic mass is 16.5. The minimum Gasteiger partial charge on any atom is -0.497 e. The molecular formula is C18H15N3O3. The van der Waals surface area contributed by atoms with Crippen LogP contribution in [0.1, 0.15) is 0 Å². The summed E-state index contributed by atoms with van der Waals surface area (Å²) >= 11 is 0. The Hall–Kier alpha value is -3.28. The van der Waals surface area contributed by atoms with Gasteiger partial charge in [0.2, 0.25) is 5.89 Å². The van der Waals surface area contributed by atoms with Gasteiger partial charge < -0.3 is 18.9 Å². The lowest BCUT2D eigenvalue weighted by atomic mass is 10.2. The molecule has 0 spiro atoms. The number of aromatic amines is 1. The van der Waals surface area contributed by atoms with E-state index in [1.807, 2.05) is 42.5 Å². The van der Waals surface area contributed by atoms with Gasteiger partial charge in [-0.05, 0) is 24.3 Å². The molecule has 1 N–H and O–H groups in total. The zero-order valence-corrected chi connectivity index (χ0v) is 13.2. The molecule has 6 heteroatoms. The number of para-hydroxylation sites is 1. The van der Waals surface area contributed by atoms with E-state index in [-0.39, 0.29) is 0 Å². The van der Waals surface area contributed by atoms with E-state index in [1.54, 1.807) is 20.3 Å². The van der Waals surface area contributed by atoms with Crippen molar-refractivity contribution in [2.45, 2.75) is 0 Å². The lowest BCUT2D eigenvalue weighted by molar-refractivity contribution is 0.394. The molecule has 0 aliphatic rings. The van der Waals surface area contributed by atoms with Crippen molar-refractivity contribution in [1.82, 2.24) is 15.2 Å². The first kappa shape index (κ1) is 14.3. The Kier molecular flexibility index (Phi) is 3.42. The highest BCUT2D eigenvalue weighted by Crippen LogP contribution is 2.31. The number of H-pyrrole nitrogens is 1. The van der Waals surface area contributed by atoms with Crippen LogP contribution in [-0.2, 0) is 0 Å². The fourth-order valence-electron chi connectivity index (χ4n) is 2.57. The summed E-state index contributed by atoms with van der Waals surface area (Å²) in [5, 5.41) is 9.37. The molecule has 0 saturated carbocycles. The summed E-state index contributed by atoms with van der Waals surface area (Å²) in [6.45, 7) is 0. The molecule has 24 heavy (non-hydrogen) atoms. The molecular weight excluding hydrogens is 306 g/mol. The van der Waals surface area contributed by atoms with Crippen molar-refractivity contribution in [1.29, 1.82) is 0 Å². The Morgan fingerprint density at radius 1 is 0.875 bits per heavy atom. The van der Waals surface area contributed by atoms with Crippen LogP contribution in [0.5, 0.6) is 11.5 Å². The average Bonchev–Trinajstić information content (AvgIpc) is 3.27. The van der Waals surface area contributed by atoms with Crippen molar-refractivity contribution in [3.63, 3.8) is 0 Å². The number of fused-ring (bicyclic) bond motifs is 1. The third-order valence-electron chi connectivity index (χ3n) is 3.78. The number of benzene rings is 2. The van der Waals surface area contributed by atoms with Gasteiger partial charge in [-0.3, -0.25) is 0 Å². The van der Waals surface area contributed by atoms with E-state index < -0.39 is 0 Å². The van der Waals surface area contributed by atoms with Gasteiger partial charge in [-0.15, -0.1) is 10.2 Å². The van der Waals surface area contributed by atoms with Gasteiger partial charge in [0.15, 0.2) is 0 Å². The van der Waals surface area contributed by atoms with Crippen molar-refractivity contribution >= 4 is 10.9 Å². The molecule has 0 amide bonds. The highest BCUT2D eigenvalue weighted by molar-refractivity contribution is 5.84. The monoisotopic (exact) mass is 321 g/mol. The average molecular weight is 321 g/mol. The molecule has 2 heterocycles. The Morgan fingerprint density at radius 2 is 1.58 bits per heavy atom. The number of nitrogens with zero attached hydrogens (tertiary/aromatic N) is 2. The van der Waals surface area contributed by atoms with Crippen molar-refractivity contribution in [3.05, 3.63) is 48.5 Å². The van der Waals surface area contributed by atoms with Crippen molar-refractivity contribution in [3.8, 4) is 34.5 Å². The topological polar surface area (TPSA) is 73.2 Å². The largest absolute Gasteiger partial charge is 0.497 e. The maximum atomic E-state index is 5.82. The van der Waals surface area contributed by atoms with Crippen LogP contribution in [0.3, 0.4) is 0 Å². The summed E-state index contributed by atoms with van der Waals surface area (Å²) in [5.41, 5.74) is 2.54. The summed E-state index contributed by atoms with van der Waals surface area (Å²) < 4.78 is 16.4. The lowest BCUT2D eigenvalue weighted by Crippen LogP contribution is -1.88. The summed E-state index contributed by atoms with van der Waals surface area (Å²) in [6.07, 6.45) is 0. The van der Waals surface area contributed by atoms with Crippen LogP contribution in [-0.4, -0.2) is 29.4 Å². The van der Waals surface area contributed by atoms with Gasteiger partial charge in [-0.25, -0.2) is 0 Å². The number of aromatic nitrogens is 3. The zero-order valence-electron chi connectivity index (χ0n) is 13.2. The van der Waals surface area contributed by atoms with E-state index in [9.17, 15) is 0 Å². The Bertz CT molecular complexity index is 948. The van der Waals surface area contributed by atoms with E-state index >= 15 is 0 Å². The molecule has 120 valence electrons. The molecule has 0 unspecified atom stereocenters. The Morgan fingerprint density at radius 3 is 2.29 bits per heavy atom. The highest BCUT2D eigenvalue weighted by Gasteiger charge is 2.14. The minimum absolute atomic E-state index is 0.404. The van der Waals surface area contributed by atoms with Crippen LogP contribution in [0.2, 0.25) is 0 Å². The first-order valence-electron chi connectivity index (χ1n) is 7.42. The predicted octanol–water partition coefficient (Wildman–Crippen LogP) is 3.90. The lowest BCUT2D eigenvalue weighted by Gasteiger charge is -2.05. The third kappa shape index (κ3) is 2.48. The van der Waals surface area contributed by atoms with Crippen molar-refractivity contribution in [2.75, 3.05) is 14.2 Å². The molecule has 0 saturated heterocycles. The van der Waals surface area contributed by atoms with Gasteiger partial charge in [0, 0.05) is 22.5 Å². The van der Waals surface area contributed by atoms with Crippen LogP contribution >= 0.6 is 0 Å². The van der Waals surface area contributed by atoms with E-state index in [1.165, 1.54) is 0 Å². The fraction of sp³-hybridized carbons (Fsp3) is 0.111. The molecule has 4 aromatic rings. The van der Waals surface area contributed by atoms with Gasteiger partial charge in [-0.1, -0.05) is 18.2 Å². The van der Waals surface area contributed by atoms with Gasteiger partial charge in [0.05, 0.1) is 14.2 Å². The first-order valence-corrected chi connectivity index (χ1v) is 7.42. The van der Waals surface area contributed by atoms with Gasteiger partial charge >= 0.3 is 0 Å². The molecule has 2 aromatic carbocycles. The summed E-state index contributed by atoms with van der Waals surface area (Å²) in [6, 6.07) is 15.4. The zero-order chi connectivity index (χ0) is 16.5. The van der Waals surface area contributed by atoms with Crippen molar-refractivity contribution < 1.29 is 13.9 Å². The number of rotatable bonds is 4. The molecule has 0 radical (unpaired) electrons. The van der Waals surface area contributed by atoms with Gasteiger partial charge in [-0.2, -0.15) is 0 Å². The smallest absolute Gasteiger partial charge is 0.264 e. The minimum atomic E-state index is 0.404. The SMILES string of the molecule is COc1cc(OC)cc(-c2nnc(-c3cc4ccccc4[nH]3)o2)c1.